The highest BCUT2D eigenvalue weighted by molar-refractivity contribution is 5.74. The van der Waals surface area contributed by atoms with Gasteiger partial charge >= 0.3 is 0 Å². The van der Waals surface area contributed by atoms with Gasteiger partial charge in [-0.15, -0.1) is 0 Å². The Balaban J connectivity index is 1.84. The first-order valence-corrected chi connectivity index (χ1v) is 8.10. The van der Waals surface area contributed by atoms with Gasteiger partial charge in [-0.3, -0.25) is 4.79 Å². The van der Waals surface area contributed by atoms with Gasteiger partial charge in [-0.25, -0.2) is 0 Å². The summed E-state index contributed by atoms with van der Waals surface area (Å²) in [5, 5.41) is 8.61. The van der Waals surface area contributed by atoms with E-state index in [4.69, 9.17) is 5.26 Å². The van der Waals surface area contributed by atoms with Crippen molar-refractivity contribution in [2.24, 2.45) is 0 Å². The van der Waals surface area contributed by atoms with Crippen LogP contribution in [0.2, 0.25) is 0 Å². The quantitative estimate of drug-likeness (QED) is 0.726. The molecule has 0 radical (unpaired) electrons. The van der Waals surface area contributed by atoms with E-state index in [2.05, 4.69) is 15.9 Å². The number of hydrogen-bond acceptors (Lipinski definition) is 3. The van der Waals surface area contributed by atoms with Gasteiger partial charge < -0.3 is 9.80 Å². The number of carbonyl (C=O) groups is 1. The SMILES string of the molecule is CC(=O)N(C1CCC1)[C@@H]1CCCN(CCCC#N)CC1. The van der Waals surface area contributed by atoms with Crippen LogP contribution >= 0.6 is 0 Å². The van der Waals surface area contributed by atoms with E-state index in [-0.39, 0.29) is 5.91 Å². The lowest BCUT2D eigenvalue weighted by Gasteiger charge is -2.42. The average molecular weight is 277 g/mol. The summed E-state index contributed by atoms with van der Waals surface area (Å²) in [5.41, 5.74) is 0. The summed E-state index contributed by atoms with van der Waals surface area (Å²) in [4.78, 5) is 16.6. The van der Waals surface area contributed by atoms with Crippen molar-refractivity contribution in [2.75, 3.05) is 19.6 Å². The van der Waals surface area contributed by atoms with Gasteiger partial charge in [0.25, 0.3) is 0 Å². The van der Waals surface area contributed by atoms with Gasteiger partial charge in [-0.1, -0.05) is 0 Å². The topological polar surface area (TPSA) is 47.3 Å². The Kier molecular flexibility index (Phi) is 5.85. The molecule has 1 amide bonds. The van der Waals surface area contributed by atoms with Crippen LogP contribution in [0.3, 0.4) is 0 Å². The standard InChI is InChI=1S/C16H27N3O/c1-14(20)19(15-6-4-7-15)16-8-5-12-18(13-9-16)11-3-2-10-17/h15-16H,2-9,11-13H2,1H3/t16-/m1/s1. The maximum atomic E-state index is 12.0. The first-order chi connectivity index (χ1) is 9.72. The summed E-state index contributed by atoms with van der Waals surface area (Å²) in [5.74, 6) is 0.262. The maximum absolute atomic E-state index is 12.0. The highest BCUT2D eigenvalue weighted by Gasteiger charge is 2.33. The minimum atomic E-state index is 0.262. The van der Waals surface area contributed by atoms with Crippen LogP contribution in [0.5, 0.6) is 0 Å². The fraction of sp³-hybridized carbons (Fsp3) is 0.875. The Morgan fingerprint density at radius 2 is 1.90 bits per heavy atom. The number of amides is 1. The molecule has 2 fully saturated rings. The Morgan fingerprint density at radius 1 is 1.20 bits per heavy atom. The molecule has 1 atom stereocenters. The molecule has 0 N–H and O–H groups in total. The molecule has 0 unspecified atom stereocenters. The summed E-state index contributed by atoms with van der Waals surface area (Å²) in [6, 6.07) is 3.18. The Bertz CT molecular complexity index is 359. The highest BCUT2D eigenvalue weighted by atomic mass is 16.2. The van der Waals surface area contributed by atoms with Crippen molar-refractivity contribution in [3.63, 3.8) is 0 Å². The number of nitriles is 1. The van der Waals surface area contributed by atoms with E-state index in [0.717, 1.165) is 38.9 Å². The fourth-order valence-corrected chi connectivity index (χ4v) is 3.50. The van der Waals surface area contributed by atoms with Gasteiger partial charge in [-0.2, -0.15) is 5.26 Å². The van der Waals surface area contributed by atoms with Gasteiger partial charge in [0.2, 0.25) is 5.91 Å². The van der Waals surface area contributed by atoms with E-state index in [1.165, 1.54) is 25.7 Å². The van der Waals surface area contributed by atoms with Gasteiger partial charge in [0, 0.05) is 32.0 Å². The molecule has 1 saturated heterocycles. The van der Waals surface area contributed by atoms with Crippen LogP contribution in [-0.2, 0) is 4.79 Å². The second-order valence-corrected chi connectivity index (χ2v) is 6.20. The summed E-state index contributed by atoms with van der Waals surface area (Å²) in [7, 11) is 0. The van der Waals surface area contributed by atoms with Crippen LogP contribution in [0.15, 0.2) is 0 Å². The number of carbonyl (C=O) groups excluding carboxylic acids is 1. The summed E-state index contributed by atoms with van der Waals surface area (Å²) < 4.78 is 0. The van der Waals surface area contributed by atoms with Crippen molar-refractivity contribution < 1.29 is 4.79 Å². The third-order valence-corrected chi connectivity index (χ3v) is 4.78. The minimum absolute atomic E-state index is 0.262. The van der Waals surface area contributed by atoms with Crippen LogP contribution in [-0.4, -0.2) is 47.4 Å². The van der Waals surface area contributed by atoms with Crippen molar-refractivity contribution in [3.05, 3.63) is 0 Å². The number of nitrogens with zero attached hydrogens (tertiary/aromatic N) is 3. The molecular formula is C16H27N3O. The van der Waals surface area contributed by atoms with Crippen LogP contribution < -0.4 is 0 Å². The Labute approximate surface area is 122 Å². The molecule has 4 nitrogen and oxygen atoms in total. The van der Waals surface area contributed by atoms with Gasteiger partial charge in [0.15, 0.2) is 0 Å². The zero-order valence-corrected chi connectivity index (χ0v) is 12.7. The van der Waals surface area contributed by atoms with E-state index in [1.807, 2.05) is 0 Å². The van der Waals surface area contributed by atoms with E-state index >= 15 is 0 Å². The Hall–Kier alpha value is -1.08. The molecule has 1 aliphatic carbocycles. The third-order valence-electron chi connectivity index (χ3n) is 4.78. The summed E-state index contributed by atoms with van der Waals surface area (Å²) >= 11 is 0. The van der Waals surface area contributed by atoms with E-state index in [0.29, 0.717) is 18.5 Å². The van der Waals surface area contributed by atoms with Gasteiger partial charge in [-0.05, 0) is 58.0 Å². The molecule has 20 heavy (non-hydrogen) atoms. The lowest BCUT2D eigenvalue weighted by atomic mass is 9.89. The van der Waals surface area contributed by atoms with Crippen molar-refractivity contribution in [3.8, 4) is 6.07 Å². The molecule has 1 heterocycles. The first-order valence-electron chi connectivity index (χ1n) is 8.10. The number of rotatable bonds is 5. The molecule has 112 valence electrons. The molecule has 2 aliphatic rings. The van der Waals surface area contributed by atoms with E-state index in [1.54, 1.807) is 6.92 Å². The molecular weight excluding hydrogens is 250 g/mol. The normalized spacial score (nSPS) is 24.5. The highest BCUT2D eigenvalue weighted by Crippen LogP contribution is 2.30. The van der Waals surface area contributed by atoms with Crippen LogP contribution in [0.1, 0.15) is 58.3 Å². The smallest absolute Gasteiger partial charge is 0.219 e. The van der Waals surface area contributed by atoms with Crippen LogP contribution in [0, 0.1) is 11.3 Å². The average Bonchev–Trinajstić information content (AvgIpc) is 2.59. The van der Waals surface area contributed by atoms with Crippen molar-refractivity contribution in [2.45, 2.75) is 70.4 Å². The minimum Gasteiger partial charge on any atom is -0.337 e. The zero-order chi connectivity index (χ0) is 14.4. The fourth-order valence-electron chi connectivity index (χ4n) is 3.50. The van der Waals surface area contributed by atoms with Crippen LogP contribution in [0.4, 0.5) is 0 Å². The molecule has 0 aromatic carbocycles. The molecule has 0 aromatic rings. The lowest BCUT2D eigenvalue weighted by Crippen LogP contribution is -2.49. The number of likely N-dealkylation sites (tertiary alicyclic amines) is 1. The zero-order valence-electron chi connectivity index (χ0n) is 12.7. The molecule has 0 spiro atoms. The van der Waals surface area contributed by atoms with Gasteiger partial charge in [0.1, 0.15) is 0 Å². The molecule has 1 aliphatic heterocycles. The second-order valence-electron chi connectivity index (χ2n) is 6.20. The van der Waals surface area contributed by atoms with E-state index in [9.17, 15) is 4.79 Å². The van der Waals surface area contributed by atoms with Gasteiger partial charge in [0.05, 0.1) is 6.07 Å². The largest absolute Gasteiger partial charge is 0.337 e. The summed E-state index contributed by atoms with van der Waals surface area (Å²) in [6.07, 6.45) is 8.72. The number of unbranched alkanes of at least 4 members (excludes halogenated alkanes) is 1. The van der Waals surface area contributed by atoms with Crippen molar-refractivity contribution in [1.29, 1.82) is 5.26 Å². The number of hydrogen-bond donors (Lipinski definition) is 0. The maximum Gasteiger partial charge on any atom is 0.219 e. The molecule has 2 rings (SSSR count). The van der Waals surface area contributed by atoms with Crippen LogP contribution in [0.25, 0.3) is 0 Å². The second kappa shape index (κ2) is 7.64. The first kappa shape index (κ1) is 15.3. The molecule has 0 aromatic heterocycles. The van der Waals surface area contributed by atoms with Crippen molar-refractivity contribution >= 4 is 5.91 Å². The Morgan fingerprint density at radius 3 is 2.50 bits per heavy atom. The van der Waals surface area contributed by atoms with Crippen molar-refractivity contribution in [1.82, 2.24) is 9.80 Å². The molecule has 4 heteroatoms. The lowest BCUT2D eigenvalue weighted by molar-refractivity contribution is -0.136. The third kappa shape index (κ3) is 3.96. The van der Waals surface area contributed by atoms with E-state index < -0.39 is 0 Å². The summed E-state index contributed by atoms with van der Waals surface area (Å²) in [6.45, 7) is 4.96. The monoisotopic (exact) mass is 277 g/mol. The molecule has 0 bridgehead atoms. The molecule has 1 saturated carbocycles. The predicted molar refractivity (Wildman–Crippen MR) is 79.1 cm³/mol. The predicted octanol–water partition coefficient (Wildman–Crippen LogP) is 2.55.